The number of halogens is 2. The maximum absolute atomic E-state index is 12.2. The molecule has 22 heavy (non-hydrogen) atoms. The molecule has 1 aromatic heterocycles. The SMILES string of the molecule is O=C(Nc1ccc(-c2csnn2)cc1)c1cccc(Cl)c1Cl. The molecule has 2 aromatic carbocycles. The predicted molar refractivity (Wildman–Crippen MR) is 89.8 cm³/mol. The van der Waals surface area contributed by atoms with E-state index in [0.29, 0.717) is 16.3 Å². The zero-order valence-electron chi connectivity index (χ0n) is 11.1. The van der Waals surface area contributed by atoms with Gasteiger partial charge in [0.1, 0.15) is 5.69 Å². The number of rotatable bonds is 3. The van der Waals surface area contributed by atoms with Crippen LogP contribution in [0.2, 0.25) is 10.0 Å². The minimum absolute atomic E-state index is 0.242. The molecule has 1 amide bonds. The number of aromatic nitrogens is 2. The van der Waals surface area contributed by atoms with Crippen molar-refractivity contribution in [1.29, 1.82) is 0 Å². The minimum atomic E-state index is -0.310. The highest BCUT2D eigenvalue weighted by atomic mass is 35.5. The second kappa shape index (κ2) is 6.44. The fourth-order valence-electron chi connectivity index (χ4n) is 1.89. The second-order valence-corrected chi connectivity index (χ2v) is 5.82. The average molecular weight is 350 g/mol. The third kappa shape index (κ3) is 3.11. The number of anilines is 1. The second-order valence-electron chi connectivity index (χ2n) is 4.42. The fraction of sp³-hybridized carbons (Fsp3) is 0. The van der Waals surface area contributed by atoms with Gasteiger partial charge in [-0.2, -0.15) is 0 Å². The lowest BCUT2D eigenvalue weighted by atomic mass is 10.1. The molecule has 1 N–H and O–H groups in total. The molecular weight excluding hydrogens is 341 g/mol. The quantitative estimate of drug-likeness (QED) is 0.741. The number of carbonyl (C=O) groups excluding carboxylic acids is 1. The van der Waals surface area contributed by atoms with Gasteiger partial charge in [0.2, 0.25) is 0 Å². The molecule has 0 aliphatic rings. The van der Waals surface area contributed by atoms with Gasteiger partial charge in [-0.1, -0.05) is 45.9 Å². The van der Waals surface area contributed by atoms with Crippen LogP contribution < -0.4 is 5.32 Å². The Bertz CT molecular complexity index is 804. The highest BCUT2D eigenvalue weighted by Crippen LogP contribution is 2.26. The molecule has 0 fully saturated rings. The molecule has 0 atom stereocenters. The van der Waals surface area contributed by atoms with E-state index in [-0.39, 0.29) is 10.9 Å². The lowest BCUT2D eigenvalue weighted by Crippen LogP contribution is -2.12. The summed E-state index contributed by atoms with van der Waals surface area (Å²) < 4.78 is 3.82. The molecule has 7 heteroatoms. The standard InChI is InChI=1S/C15H9Cl2N3OS/c16-12-3-1-2-11(14(12)17)15(21)18-10-6-4-9(5-7-10)13-8-22-20-19-13/h1-8H,(H,18,21). The normalized spacial score (nSPS) is 10.5. The Balaban J connectivity index is 1.78. The van der Waals surface area contributed by atoms with Gasteiger partial charge >= 0.3 is 0 Å². The largest absolute Gasteiger partial charge is 0.322 e. The first-order valence-corrected chi connectivity index (χ1v) is 7.87. The van der Waals surface area contributed by atoms with E-state index in [2.05, 4.69) is 14.9 Å². The van der Waals surface area contributed by atoms with Crippen LogP contribution in [0.3, 0.4) is 0 Å². The Morgan fingerprint density at radius 3 is 2.55 bits per heavy atom. The van der Waals surface area contributed by atoms with Gasteiger partial charge in [0.25, 0.3) is 5.91 Å². The Morgan fingerprint density at radius 1 is 1.09 bits per heavy atom. The van der Waals surface area contributed by atoms with E-state index in [0.717, 1.165) is 11.3 Å². The molecule has 0 aliphatic heterocycles. The molecule has 0 radical (unpaired) electrons. The zero-order valence-corrected chi connectivity index (χ0v) is 13.4. The minimum Gasteiger partial charge on any atom is -0.322 e. The number of hydrogen-bond acceptors (Lipinski definition) is 4. The van der Waals surface area contributed by atoms with Crippen LogP contribution in [0.5, 0.6) is 0 Å². The maximum atomic E-state index is 12.2. The van der Waals surface area contributed by atoms with Gasteiger partial charge < -0.3 is 5.32 Å². The Kier molecular flexibility index (Phi) is 4.38. The van der Waals surface area contributed by atoms with Gasteiger partial charge in [0.15, 0.2) is 0 Å². The first-order chi connectivity index (χ1) is 10.6. The molecule has 3 aromatic rings. The van der Waals surface area contributed by atoms with E-state index in [1.54, 1.807) is 30.3 Å². The average Bonchev–Trinajstić information content (AvgIpc) is 3.05. The van der Waals surface area contributed by atoms with Crippen LogP contribution in [0.4, 0.5) is 5.69 Å². The van der Waals surface area contributed by atoms with Gasteiger partial charge in [0, 0.05) is 16.6 Å². The van der Waals surface area contributed by atoms with E-state index in [1.165, 1.54) is 11.5 Å². The van der Waals surface area contributed by atoms with Crippen LogP contribution in [0.15, 0.2) is 47.8 Å². The van der Waals surface area contributed by atoms with Crippen molar-refractivity contribution in [2.75, 3.05) is 5.32 Å². The third-order valence-electron chi connectivity index (χ3n) is 2.99. The van der Waals surface area contributed by atoms with Gasteiger partial charge in [0.05, 0.1) is 15.6 Å². The Labute approximate surface area is 140 Å². The molecule has 110 valence electrons. The molecule has 0 saturated heterocycles. The van der Waals surface area contributed by atoms with E-state index in [4.69, 9.17) is 23.2 Å². The molecule has 3 rings (SSSR count). The van der Waals surface area contributed by atoms with Crippen molar-refractivity contribution < 1.29 is 4.79 Å². The summed E-state index contributed by atoms with van der Waals surface area (Å²) in [5.41, 5.74) is 2.74. The fourth-order valence-corrected chi connectivity index (χ4v) is 2.74. The molecule has 4 nitrogen and oxygen atoms in total. The monoisotopic (exact) mass is 349 g/mol. The summed E-state index contributed by atoms with van der Waals surface area (Å²) in [6, 6.07) is 12.3. The molecule has 0 bridgehead atoms. The van der Waals surface area contributed by atoms with Crippen LogP contribution >= 0.6 is 34.7 Å². The zero-order chi connectivity index (χ0) is 15.5. The number of benzene rings is 2. The van der Waals surface area contributed by atoms with Crippen molar-refractivity contribution in [1.82, 2.24) is 9.59 Å². The van der Waals surface area contributed by atoms with Gasteiger partial charge in [-0.3, -0.25) is 4.79 Å². The highest BCUT2D eigenvalue weighted by molar-refractivity contribution is 7.03. The molecular formula is C15H9Cl2N3OS. The van der Waals surface area contributed by atoms with E-state index < -0.39 is 0 Å². The summed E-state index contributed by atoms with van der Waals surface area (Å²) in [6.07, 6.45) is 0. The van der Waals surface area contributed by atoms with Crippen LogP contribution in [-0.2, 0) is 0 Å². The van der Waals surface area contributed by atoms with Crippen molar-refractivity contribution in [3.63, 3.8) is 0 Å². The Morgan fingerprint density at radius 2 is 1.86 bits per heavy atom. The molecule has 0 saturated carbocycles. The van der Waals surface area contributed by atoms with Gasteiger partial charge in [-0.05, 0) is 35.8 Å². The number of amides is 1. The predicted octanol–water partition coefficient (Wildman–Crippen LogP) is 4.76. The van der Waals surface area contributed by atoms with E-state index in [9.17, 15) is 4.79 Å². The van der Waals surface area contributed by atoms with Crippen molar-refractivity contribution in [2.24, 2.45) is 0 Å². The summed E-state index contributed by atoms with van der Waals surface area (Å²) in [5.74, 6) is -0.310. The van der Waals surface area contributed by atoms with Gasteiger partial charge in [-0.25, -0.2) is 0 Å². The molecule has 0 aliphatic carbocycles. The summed E-state index contributed by atoms with van der Waals surface area (Å²) in [7, 11) is 0. The summed E-state index contributed by atoms with van der Waals surface area (Å²) in [5, 5.41) is 9.23. The van der Waals surface area contributed by atoms with Crippen LogP contribution in [0.25, 0.3) is 11.3 Å². The first-order valence-electron chi connectivity index (χ1n) is 6.28. The van der Waals surface area contributed by atoms with Crippen molar-refractivity contribution >= 4 is 46.3 Å². The van der Waals surface area contributed by atoms with Crippen molar-refractivity contribution in [2.45, 2.75) is 0 Å². The summed E-state index contributed by atoms with van der Waals surface area (Å²) >= 11 is 13.2. The molecule has 0 unspecified atom stereocenters. The van der Waals surface area contributed by atoms with Crippen molar-refractivity contribution in [3.8, 4) is 11.3 Å². The summed E-state index contributed by atoms with van der Waals surface area (Å²) in [6.45, 7) is 0. The summed E-state index contributed by atoms with van der Waals surface area (Å²) in [4.78, 5) is 12.2. The van der Waals surface area contributed by atoms with Crippen LogP contribution in [0, 0.1) is 0 Å². The Hall–Kier alpha value is -1.95. The van der Waals surface area contributed by atoms with Gasteiger partial charge in [-0.15, -0.1) is 5.10 Å². The maximum Gasteiger partial charge on any atom is 0.257 e. The number of carbonyl (C=O) groups is 1. The topological polar surface area (TPSA) is 54.9 Å². The number of nitrogens with zero attached hydrogens (tertiary/aromatic N) is 2. The molecule has 1 heterocycles. The first kappa shape index (κ1) is 15.0. The smallest absolute Gasteiger partial charge is 0.257 e. The van der Waals surface area contributed by atoms with Crippen molar-refractivity contribution in [3.05, 3.63) is 63.5 Å². The lowest BCUT2D eigenvalue weighted by Gasteiger charge is -2.08. The van der Waals surface area contributed by atoms with Crippen LogP contribution in [0.1, 0.15) is 10.4 Å². The number of nitrogens with one attached hydrogen (secondary N) is 1. The highest BCUT2D eigenvalue weighted by Gasteiger charge is 2.12. The lowest BCUT2D eigenvalue weighted by molar-refractivity contribution is 0.102. The third-order valence-corrected chi connectivity index (χ3v) is 4.32. The van der Waals surface area contributed by atoms with E-state index >= 15 is 0 Å². The molecule has 0 spiro atoms. The number of hydrogen-bond donors (Lipinski definition) is 1. The van der Waals surface area contributed by atoms with E-state index in [1.807, 2.05) is 17.5 Å². The van der Waals surface area contributed by atoms with Crippen LogP contribution in [-0.4, -0.2) is 15.5 Å².